The molecular weight excluding hydrogens is 263 g/mol. The van der Waals surface area contributed by atoms with Gasteiger partial charge in [0.05, 0.1) is 6.61 Å². The molecule has 9 nitrogen and oxygen atoms in total. The Bertz CT molecular complexity index is 466. The molecule has 1 aromatic heterocycles. The molecule has 10 heteroatoms. The van der Waals surface area contributed by atoms with Gasteiger partial charge in [-0.05, 0) is 0 Å². The first-order valence-electron chi connectivity index (χ1n) is 5.10. The molecule has 4 atom stereocenters. The number of hydrogen-bond acceptors (Lipinski definition) is 7. The Morgan fingerprint density at radius 3 is 2.61 bits per heavy atom. The van der Waals surface area contributed by atoms with Gasteiger partial charge >= 0.3 is 0 Å². The van der Waals surface area contributed by atoms with Crippen LogP contribution >= 0.6 is 8.51 Å². The van der Waals surface area contributed by atoms with Gasteiger partial charge in [-0.3, -0.25) is 9.12 Å². The summed E-state index contributed by atoms with van der Waals surface area (Å²) in [5.74, 6) is -0.812. The summed E-state index contributed by atoms with van der Waals surface area (Å²) in [6.07, 6.45) is -4.40. The van der Waals surface area contributed by atoms with E-state index in [1.165, 1.54) is 4.33 Å². The highest BCUT2D eigenvalue weighted by atomic mass is 31.1. The van der Waals surface area contributed by atoms with E-state index < -0.39 is 37.1 Å². The van der Waals surface area contributed by atoms with Gasteiger partial charge in [-0.25, -0.2) is 4.75 Å². The van der Waals surface area contributed by atoms with E-state index in [0.29, 0.717) is 0 Å². The lowest BCUT2D eigenvalue weighted by Crippen LogP contribution is -2.33. The van der Waals surface area contributed by atoms with Gasteiger partial charge in [0.2, 0.25) is 0 Å². The molecule has 18 heavy (non-hydrogen) atoms. The van der Waals surface area contributed by atoms with Crippen LogP contribution in [0.15, 0.2) is 0 Å². The van der Waals surface area contributed by atoms with Crippen molar-refractivity contribution >= 4 is 20.2 Å². The molecule has 4 unspecified atom stereocenters. The summed E-state index contributed by atoms with van der Waals surface area (Å²) < 4.78 is 10.3. The predicted molar refractivity (Wildman–Crippen MR) is 60.7 cm³/mol. The number of carbonyl (C=O) groups is 1. The number of rotatable bonds is 3. The van der Waals surface area contributed by atoms with Crippen molar-refractivity contribution in [2.75, 3.05) is 12.3 Å². The molecule has 0 saturated carbocycles. The van der Waals surface area contributed by atoms with E-state index >= 15 is 0 Å². The second-order valence-electron chi connectivity index (χ2n) is 3.86. The smallest absolute Gasteiger partial charge is 0.271 e. The van der Waals surface area contributed by atoms with E-state index in [-0.39, 0.29) is 20.0 Å². The summed E-state index contributed by atoms with van der Waals surface area (Å²) in [6.45, 7) is -0.442. The first-order valence-corrected chi connectivity index (χ1v) is 5.90. The SMILES string of the molecule is NC(=O)c1npn(C2OC(CO)C(O)C2O)c1N. The van der Waals surface area contributed by atoms with E-state index in [1.807, 2.05) is 0 Å². The maximum Gasteiger partial charge on any atom is 0.271 e. The number of anilines is 1. The van der Waals surface area contributed by atoms with Crippen LogP contribution in [0.25, 0.3) is 0 Å². The average Bonchev–Trinajstić information content (AvgIpc) is 2.82. The molecule has 0 spiro atoms. The molecule has 0 bridgehead atoms. The molecule has 1 aliphatic rings. The molecule has 1 saturated heterocycles. The number of primary amides is 1. The van der Waals surface area contributed by atoms with Crippen molar-refractivity contribution in [1.29, 1.82) is 0 Å². The Hall–Kier alpha value is -1.25. The largest absolute Gasteiger partial charge is 0.394 e. The molecule has 2 heterocycles. The summed E-state index contributed by atoms with van der Waals surface area (Å²) in [5, 5.41) is 28.4. The van der Waals surface area contributed by atoms with Crippen molar-refractivity contribution in [3.05, 3.63) is 5.69 Å². The van der Waals surface area contributed by atoms with Crippen molar-refractivity contribution in [3.8, 4) is 0 Å². The third-order valence-electron chi connectivity index (χ3n) is 2.72. The summed E-state index contributed by atoms with van der Waals surface area (Å²) in [4.78, 5) is 11.0. The standard InChI is InChI=1S/C8H13N4O5P/c9-6-3(7(10)16)11-18-12(6)8-5(15)4(14)2(1-13)17-8/h2,4-5,8,13-15H,1,9H2,(H2,10,16). The molecule has 0 aliphatic carbocycles. The number of aliphatic hydroxyl groups is 3. The average molecular weight is 276 g/mol. The minimum absolute atomic E-state index is 0.0287. The molecule has 2 rings (SSSR count). The lowest BCUT2D eigenvalue weighted by Gasteiger charge is -2.16. The van der Waals surface area contributed by atoms with Crippen molar-refractivity contribution < 1.29 is 24.9 Å². The third-order valence-corrected chi connectivity index (χ3v) is 3.65. The Kier molecular flexibility index (Phi) is 3.51. The number of ether oxygens (including phenoxy) is 1. The first-order chi connectivity index (χ1) is 8.47. The summed E-state index contributed by atoms with van der Waals surface area (Å²) in [7, 11) is 0.259. The van der Waals surface area contributed by atoms with E-state index in [0.717, 1.165) is 0 Å². The Balaban J connectivity index is 2.30. The fourth-order valence-corrected chi connectivity index (χ4v) is 2.62. The highest BCUT2D eigenvalue weighted by Gasteiger charge is 2.44. The van der Waals surface area contributed by atoms with Crippen LogP contribution < -0.4 is 11.5 Å². The van der Waals surface area contributed by atoms with E-state index in [1.54, 1.807) is 0 Å². The highest BCUT2D eigenvalue weighted by Crippen LogP contribution is 2.34. The number of hydrogen-bond donors (Lipinski definition) is 5. The van der Waals surface area contributed by atoms with Crippen LogP contribution in [0.1, 0.15) is 16.7 Å². The lowest BCUT2D eigenvalue weighted by atomic mass is 10.1. The molecule has 1 amide bonds. The van der Waals surface area contributed by atoms with E-state index in [2.05, 4.69) is 4.75 Å². The molecule has 1 aliphatic heterocycles. The van der Waals surface area contributed by atoms with Crippen LogP contribution in [-0.4, -0.2) is 55.2 Å². The Labute approximate surface area is 103 Å². The number of amides is 1. The van der Waals surface area contributed by atoms with Gasteiger partial charge in [0.1, 0.15) is 32.6 Å². The quantitative estimate of drug-likeness (QED) is 0.417. The van der Waals surface area contributed by atoms with Gasteiger partial charge in [0, 0.05) is 0 Å². The Morgan fingerprint density at radius 2 is 2.17 bits per heavy atom. The molecule has 0 radical (unpaired) electrons. The van der Waals surface area contributed by atoms with Crippen LogP contribution in [0.4, 0.5) is 5.82 Å². The van der Waals surface area contributed by atoms with E-state index in [4.69, 9.17) is 21.3 Å². The first kappa shape index (κ1) is 13.2. The number of aromatic nitrogens is 2. The van der Waals surface area contributed by atoms with Gasteiger partial charge in [0.15, 0.2) is 11.9 Å². The number of nitrogen functional groups attached to an aromatic ring is 1. The molecule has 0 aromatic carbocycles. The highest BCUT2D eigenvalue weighted by molar-refractivity contribution is 7.21. The topological polar surface area (TPSA) is 157 Å². The summed E-state index contributed by atoms with van der Waals surface area (Å²) in [6, 6.07) is 0. The van der Waals surface area contributed by atoms with Crippen molar-refractivity contribution in [1.82, 2.24) is 9.08 Å². The van der Waals surface area contributed by atoms with E-state index in [9.17, 15) is 15.0 Å². The summed E-state index contributed by atoms with van der Waals surface area (Å²) in [5.41, 5.74) is 10.6. The second kappa shape index (κ2) is 4.79. The van der Waals surface area contributed by atoms with Gasteiger partial charge < -0.3 is 31.5 Å². The molecular formula is C8H13N4O5P. The molecule has 1 fully saturated rings. The normalized spacial score (nSPS) is 32.2. The number of nitrogens with zero attached hydrogens (tertiary/aromatic N) is 2. The minimum atomic E-state index is -1.27. The number of aliphatic hydroxyl groups excluding tert-OH is 3. The Morgan fingerprint density at radius 1 is 1.50 bits per heavy atom. The van der Waals surface area contributed by atoms with Crippen LogP contribution in [-0.2, 0) is 4.74 Å². The third kappa shape index (κ3) is 1.96. The minimum Gasteiger partial charge on any atom is -0.394 e. The summed E-state index contributed by atoms with van der Waals surface area (Å²) >= 11 is 0. The van der Waals surface area contributed by atoms with Crippen LogP contribution in [0.2, 0.25) is 0 Å². The van der Waals surface area contributed by atoms with Crippen LogP contribution in [0.5, 0.6) is 0 Å². The maximum atomic E-state index is 11.0. The zero-order valence-electron chi connectivity index (χ0n) is 9.17. The van der Waals surface area contributed by atoms with Crippen LogP contribution in [0.3, 0.4) is 0 Å². The monoisotopic (exact) mass is 276 g/mol. The number of nitrogens with two attached hydrogens (primary N) is 2. The van der Waals surface area contributed by atoms with Crippen molar-refractivity contribution in [3.63, 3.8) is 0 Å². The van der Waals surface area contributed by atoms with Gasteiger partial charge in [-0.1, -0.05) is 0 Å². The van der Waals surface area contributed by atoms with Crippen molar-refractivity contribution in [2.45, 2.75) is 24.5 Å². The number of carbonyl (C=O) groups excluding carboxylic acids is 1. The zero-order chi connectivity index (χ0) is 13.4. The fourth-order valence-electron chi connectivity index (χ4n) is 1.75. The van der Waals surface area contributed by atoms with Crippen molar-refractivity contribution in [2.24, 2.45) is 5.73 Å². The van der Waals surface area contributed by atoms with Gasteiger partial charge in [-0.2, -0.15) is 0 Å². The second-order valence-corrected chi connectivity index (χ2v) is 4.67. The predicted octanol–water partition coefficient (Wildman–Crippen LogP) is -2.24. The molecule has 1 aromatic rings. The maximum absolute atomic E-state index is 11.0. The van der Waals surface area contributed by atoms with Crippen LogP contribution in [0, 0.1) is 0 Å². The lowest BCUT2D eigenvalue weighted by molar-refractivity contribution is -0.0468. The molecule has 100 valence electrons. The van der Waals surface area contributed by atoms with Gasteiger partial charge in [-0.15, -0.1) is 0 Å². The fraction of sp³-hybridized carbons (Fsp3) is 0.625. The van der Waals surface area contributed by atoms with Gasteiger partial charge in [0.25, 0.3) is 5.91 Å². The zero-order valence-corrected chi connectivity index (χ0v) is 10.1. The molecule has 7 N–H and O–H groups in total.